The first-order valence-corrected chi connectivity index (χ1v) is 10.8. The van der Waals surface area contributed by atoms with Gasteiger partial charge in [-0.2, -0.15) is 0 Å². The van der Waals surface area contributed by atoms with Gasteiger partial charge in [-0.1, -0.05) is 0 Å². The number of ether oxygens (including phenoxy) is 2. The Morgan fingerprint density at radius 1 is 1.06 bits per heavy atom. The molecule has 9 nitrogen and oxygen atoms in total. The molecule has 1 saturated heterocycles. The minimum absolute atomic E-state index is 0.0761. The monoisotopic (exact) mass is 443 g/mol. The van der Waals surface area contributed by atoms with Crippen molar-refractivity contribution >= 4 is 22.1 Å². The fourth-order valence-corrected chi connectivity index (χ4v) is 4.26. The summed E-state index contributed by atoms with van der Waals surface area (Å²) >= 11 is 0. The van der Waals surface area contributed by atoms with Crippen LogP contribution in [0.15, 0.2) is 58.1 Å². The maximum absolute atomic E-state index is 12.0. The van der Waals surface area contributed by atoms with E-state index in [-0.39, 0.29) is 5.56 Å². The van der Waals surface area contributed by atoms with E-state index in [4.69, 9.17) is 19.1 Å². The third-order valence-electron chi connectivity index (χ3n) is 6.08. The Hall–Kier alpha value is -3.98. The van der Waals surface area contributed by atoms with Crippen LogP contribution >= 0.6 is 0 Å². The Morgan fingerprint density at radius 2 is 1.91 bits per heavy atom. The van der Waals surface area contributed by atoms with Crippen LogP contribution in [0.3, 0.4) is 0 Å². The Labute approximate surface area is 187 Å². The van der Waals surface area contributed by atoms with Gasteiger partial charge in [0.25, 0.3) is 0 Å². The number of aromatic nitrogens is 5. The molecule has 33 heavy (non-hydrogen) atoms. The van der Waals surface area contributed by atoms with Gasteiger partial charge in [0.2, 0.25) is 5.56 Å². The summed E-state index contributed by atoms with van der Waals surface area (Å²) in [4.78, 5) is 20.4. The molecule has 0 unspecified atom stereocenters. The SMILES string of the molecule is Cn1cc(-c2ccc3[nH]c(C4CCOCC4)nc3c2Oc2ccc3nonc3c2)ccc1=O. The van der Waals surface area contributed by atoms with Crippen LogP contribution in [0, 0.1) is 0 Å². The average molecular weight is 443 g/mol. The molecule has 3 aromatic heterocycles. The van der Waals surface area contributed by atoms with Gasteiger partial charge in [0, 0.05) is 55.6 Å². The van der Waals surface area contributed by atoms with Crippen molar-refractivity contribution in [2.24, 2.45) is 7.05 Å². The molecule has 9 heteroatoms. The molecule has 1 aliphatic rings. The highest BCUT2D eigenvalue weighted by Gasteiger charge is 2.22. The number of pyridine rings is 1. The standard InChI is InChI=1S/C24H21N5O4/c1-29-13-15(2-7-21(29)30)17-4-6-19-22(26-24(25-19)14-8-10-31-11-9-14)23(17)32-16-3-5-18-20(12-16)28-33-27-18/h2-7,12-14H,8-11H2,1H3,(H,25,26). The van der Waals surface area contributed by atoms with Gasteiger partial charge in [0.1, 0.15) is 28.1 Å². The molecular weight excluding hydrogens is 422 g/mol. The molecule has 5 aromatic rings. The highest BCUT2D eigenvalue weighted by molar-refractivity contribution is 5.91. The molecular formula is C24H21N5O4. The highest BCUT2D eigenvalue weighted by Crippen LogP contribution is 2.40. The van der Waals surface area contributed by atoms with E-state index in [0.29, 0.717) is 28.5 Å². The number of nitrogens with one attached hydrogen (secondary N) is 1. The van der Waals surface area contributed by atoms with Crippen LogP contribution in [-0.4, -0.2) is 38.1 Å². The lowest BCUT2D eigenvalue weighted by atomic mass is 10.00. The van der Waals surface area contributed by atoms with E-state index in [1.54, 1.807) is 42.1 Å². The zero-order valence-electron chi connectivity index (χ0n) is 17.9. The number of hydrogen-bond acceptors (Lipinski definition) is 7. The Bertz CT molecular complexity index is 1530. The van der Waals surface area contributed by atoms with Crippen molar-refractivity contribution in [2.75, 3.05) is 13.2 Å². The van der Waals surface area contributed by atoms with E-state index in [1.807, 2.05) is 18.2 Å². The van der Waals surface area contributed by atoms with Crippen molar-refractivity contribution in [3.63, 3.8) is 0 Å². The van der Waals surface area contributed by atoms with Gasteiger partial charge in [-0.25, -0.2) is 9.61 Å². The van der Waals surface area contributed by atoms with Gasteiger partial charge in [-0.05, 0) is 53.5 Å². The van der Waals surface area contributed by atoms with Gasteiger partial charge in [0.05, 0.1) is 5.52 Å². The molecule has 4 heterocycles. The first-order valence-electron chi connectivity index (χ1n) is 10.8. The zero-order valence-corrected chi connectivity index (χ0v) is 17.9. The third-order valence-corrected chi connectivity index (χ3v) is 6.08. The van der Waals surface area contributed by atoms with Gasteiger partial charge in [-0.15, -0.1) is 0 Å². The number of imidazole rings is 1. The number of H-pyrrole nitrogens is 1. The number of nitrogens with zero attached hydrogens (tertiary/aromatic N) is 4. The summed E-state index contributed by atoms with van der Waals surface area (Å²) in [5.41, 5.74) is 4.50. The van der Waals surface area contributed by atoms with E-state index in [0.717, 1.165) is 54.0 Å². The highest BCUT2D eigenvalue weighted by atomic mass is 16.6. The van der Waals surface area contributed by atoms with Crippen molar-refractivity contribution in [3.05, 3.63) is 64.8 Å². The van der Waals surface area contributed by atoms with Crippen LogP contribution < -0.4 is 10.3 Å². The Morgan fingerprint density at radius 3 is 2.76 bits per heavy atom. The van der Waals surface area contributed by atoms with E-state index >= 15 is 0 Å². The number of hydrogen-bond donors (Lipinski definition) is 1. The van der Waals surface area contributed by atoms with Crippen molar-refractivity contribution in [1.29, 1.82) is 0 Å². The van der Waals surface area contributed by atoms with Crippen molar-refractivity contribution in [3.8, 4) is 22.6 Å². The molecule has 0 aliphatic carbocycles. The molecule has 1 fully saturated rings. The molecule has 2 aromatic carbocycles. The summed E-state index contributed by atoms with van der Waals surface area (Å²) < 4.78 is 18.3. The van der Waals surface area contributed by atoms with Crippen LogP contribution in [0.1, 0.15) is 24.6 Å². The lowest BCUT2D eigenvalue weighted by Gasteiger charge is -2.19. The maximum Gasteiger partial charge on any atom is 0.250 e. The lowest BCUT2D eigenvalue weighted by Crippen LogP contribution is -2.15. The van der Waals surface area contributed by atoms with Crippen LogP contribution in [0.5, 0.6) is 11.5 Å². The van der Waals surface area contributed by atoms with Crippen molar-refractivity contribution in [2.45, 2.75) is 18.8 Å². The van der Waals surface area contributed by atoms with Crippen molar-refractivity contribution < 1.29 is 14.1 Å². The van der Waals surface area contributed by atoms with E-state index in [2.05, 4.69) is 15.3 Å². The summed E-state index contributed by atoms with van der Waals surface area (Å²) in [6.45, 7) is 1.47. The topological polar surface area (TPSA) is 108 Å². The van der Waals surface area contributed by atoms with E-state index in [1.165, 1.54) is 0 Å². The van der Waals surface area contributed by atoms with Gasteiger partial charge < -0.3 is 19.0 Å². The molecule has 0 amide bonds. The number of rotatable bonds is 4. The number of benzene rings is 2. The molecule has 0 saturated carbocycles. The molecule has 6 rings (SSSR count). The molecule has 0 bridgehead atoms. The molecule has 0 spiro atoms. The Balaban J connectivity index is 1.51. The van der Waals surface area contributed by atoms with Crippen molar-refractivity contribution in [1.82, 2.24) is 24.8 Å². The average Bonchev–Trinajstić information content (AvgIpc) is 3.49. The van der Waals surface area contributed by atoms with Crippen LogP contribution in [0.2, 0.25) is 0 Å². The summed E-state index contributed by atoms with van der Waals surface area (Å²) in [7, 11) is 1.73. The summed E-state index contributed by atoms with van der Waals surface area (Å²) in [6, 6.07) is 12.7. The smallest absolute Gasteiger partial charge is 0.250 e. The third kappa shape index (κ3) is 3.56. The molecule has 1 N–H and O–H groups in total. The molecule has 0 radical (unpaired) electrons. The predicted molar refractivity (Wildman–Crippen MR) is 121 cm³/mol. The minimum atomic E-state index is -0.0761. The summed E-state index contributed by atoms with van der Waals surface area (Å²) in [5, 5.41) is 7.77. The fraction of sp³-hybridized carbons (Fsp3) is 0.250. The molecule has 166 valence electrons. The first kappa shape index (κ1) is 19.7. The first-order chi connectivity index (χ1) is 16.2. The number of aromatic amines is 1. The summed E-state index contributed by atoms with van der Waals surface area (Å²) in [5.74, 6) is 2.45. The predicted octanol–water partition coefficient (Wildman–Crippen LogP) is 4.15. The van der Waals surface area contributed by atoms with Gasteiger partial charge >= 0.3 is 0 Å². The summed E-state index contributed by atoms with van der Waals surface area (Å²) in [6.07, 6.45) is 3.66. The zero-order chi connectivity index (χ0) is 22.4. The minimum Gasteiger partial charge on any atom is -0.454 e. The maximum atomic E-state index is 12.0. The second-order valence-corrected chi connectivity index (χ2v) is 8.23. The molecule has 0 atom stereocenters. The van der Waals surface area contributed by atoms with Crippen LogP contribution in [0.4, 0.5) is 0 Å². The van der Waals surface area contributed by atoms with E-state index in [9.17, 15) is 4.79 Å². The molecule has 1 aliphatic heterocycles. The number of fused-ring (bicyclic) bond motifs is 2. The quantitative estimate of drug-likeness (QED) is 0.444. The normalized spacial score (nSPS) is 14.8. The number of aryl methyl sites for hydroxylation is 1. The fourth-order valence-electron chi connectivity index (χ4n) is 4.26. The van der Waals surface area contributed by atoms with Crippen LogP contribution in [0.25, 0.3) is 33.2 Å². The second kappa shape index (κ2) is 7.86. The van der Waals surface area contributed by atoms with E-state index < -0.39 is 0 Å². The van der Waals surface area contributed by atoms with Gasteiger partial charge in [0.15, 0.2) is 5.75 Å². The van der Waals surface area contributed by atoms with Gasteiger partial charge in [-0.3, -0.25) is 4.79 Å². The Kier molecular flexibility index (Phi) is 4.69. The lowest BCUT2D eigenvalue weighted by molar-refractivity contribution is 0.0838. The second-order valence-electron chi connectivity index (χ2n) is 8.23. The largest absolute Gasteiger partial charge is 0.454 e. The van der Waals surface area contributed by atoms with Crippen LogP contribution in [-0.2, 0) is 11.8 Å².